The molecule has 1 N–H and O–H groups in total. The summed E-state index contributed by atoms with van der Waals surface area (Å²) in [5.41, 5.74) is 2.69. The van der Waals surface area contributed by atoms with Gasteiger partial charge in [0.1, 0.15) is 4.90 Å². The van der Waals surface area contributed by atoms with E-state index in [2.05, 4.69) is 10.4 Å². The predicted octanol–water partition coefficient (Wildman–Crippen LogP) is 4.20. The molecule has 0 aliphatic rings. The second-order valence-electron chi connectivity index (χ2n) is 8.11. The molecular formula is C22H25N3O4S. The number of nitrogens with one attached hydrogen (secondary N) is 1. The van der Waals surface area contributed by atoms with Crippen LogP contribution in [0.15, 0.2) is 59.5 Å². The average Bonchev–Trinajstić information content (AvgIpc) is 3.06. The fourth-order valence-electron chi connectivity index (χ4n) is 2.73. The molecule has 0 aliphatic heterocycles. The van der Waals surface area contributed by atoms with E-state index in [1.807, 2.05) is 52.0 Å². The van der Waals surface area contributed by atoms with Gasteiger partial charge in [-0.2, -0.15) is 18.2 Å². The zero-order valence-corrected chi connectivity index (χ0v) is 18.4. The molecular weight excluding hydrogens is 402 g/mol. The number of amides is 1. The Balaban J connectivity index is 1.99. The molecule has 8 heteroatoms. The number of hydrogen-bond acceptors (Lipinski definition) is 5. The topological polar surface area (TPSA) is 90.3 Å². The van der Waals surface area contributed by atoms with E-state index in [1.165, 1.54) is 35.9 Å². The summed E-state index contributed by atoms with van der Waals surface area (Å²) in [6.45, 7) is 9.34. The number of aryl methyl sites for hydroxylation is 1. The molecule has 0 atom stereocenters. The number of benzene rings is 2. The lowest BCUT2D eigenvalue weighted by molar-refractivity contribution is -0.114. The first-order chi connectivity index (χ1) is 14.0. The smallest absolute Gasteiger partial charge is 0.340 e. The number of carbonyl (C=O) groups is 1. The van der Waals surface area contributed by atoms with E-state index < -0.39 is 10.1 Å². The van der Waals surface area contributed by atoms with Crippen molar-refractivity contribution < 1.29 is 17.4 Å². The summed E-state index contributed by atoms with van der Waals surface area (Å²) in [5.74, 6) is -0.131. The molecule has 30 heavy (non-hydrogen) atoms. The normalized spacial score (nSPS) is 11.9. The van der Waals surface area contributed by atoms with Crippen LogP contribution in [0.3, 0.4) is 0 Å². The third-order valence-corrected chi connectivity index (χ3v) is 5.62. The fraction of sp³-hybridized carbons (Fsp3) is 0.273. The van der Waals surface area contributed by atoms with E-state index in [-0.39, 0.29) is 22.1 Å². The number of hydrogen-bond donors (Lipinski definition) is 1. The first-order valence-electron chi connectivity index (χ1n) is 9.45. The van der Waals surface area contributed by atoms with Crippen molar-refractivity contribution in [2.24, 2.45) is 0 Å². The Bertz CT molecular complexity index is 1160. The van der Waals surface area contributed by atoms with Gasteiger partial charge in [-0.3, -0.25) is 4.79 Å². The number of rotatable bonds is 5. The van der Waals surface area contributed by atoms with Crippen LogP contribution in [0.1, 0.15) is 39.0 Å². The van der Waals surface area contributed by atoms with Crippen molar-refractivity contribution in [1.29, 1.82) is 0 Å². The van der Waals surface area contributed by atoms with Gasteiger partial charge < -0.3 is 9.50 Å². The first kappa shape index (κ1) is 21.6. The van der Waals surface area contributed by atoms with Crippen LogP contribution < -0.4 is 9.50 Å². The molecule has 0 unspecified atom stereocenters. The Morgan fingerprint density at radius 3 is 2.17 bits per heavy atom. The summed E-state index contributed by atoms with van der Waals surface area (Å²) in [6.07, 6.45) is 0. The quantitative estimate of drug-likeness (QED) is 0.616. The average molecular weight is 428 g/mol. The Hall–Kier alpha value is -3.13. The highest BCUT2D eigenvalue weighted by molar-refractivity contribution is 7.87. The molecule has 3 rings (SSSR count). The SMILES string of the molecule is CC(=O)Nc1ccc(S(=O)(=O)Oc2cc(C(C)(C)C)nn2-c2ccc(C)cc2)cc1. The maximum absolute atomic E-state index is 12.9. The zero-order chi connectivity index (χ0) is 22.1. The molecule has 158 valence electrons. The summed E-state index contributed by atoms with van der Waals surface area (Å²) in [7, 11) is -4.10. The van der Waals surface area contributed by atoms with Crippen LogP contribution >= 0.6 is 0 Å². The van der Waals surface area contributed by atoms with Crippen LogP contribution in [0.25, 0.3) is 5.69 Å². The van der Waals surface area contributed by atoms with Crippen molar-refractivity contribution in [3.8, 4) is 11.6 Å². The number of nitrogens with zero attached hydrogens (tertiary/aromatic N) is 2. The monoisotopic (exact) mass is 427 g/mol. The summed E-state index contributed by atoms with van der Waals surface area (Å²) in [4.78, 5) is 11.1. The molecule has 0 saturated heterocycles. The van der Waals surface area contributed by atoms with Crippen LogP contribution in [0.2, 0.25) is 0 Å². The molecule has 1 amide bonds. The van der Waals surface area contributed by atoms with Gasteiger partial charge in [0, 0.05) is 24.1 Å². The van der Waals surface area contributed by atoms with Crippen LogP contribution in [-0.4, -0.2) is 24.1 Å². The van der Waals surface area contributed by atoms with E-state index in [9.17, 15) is 13.2 Å². The highest BCUT2D eigenvalue weighted by Gasteiger charge is 2.25. The van der Waals surface area contributed by atoms with Gasteiger partial charge in [-0.25, -0.2) is 0 Å². The standard InChI is InChI=1S/C22H25N3O4S/c1-15-6-10-18(11-7-15)25-21(14-20(24-25)22(3,4)5)29-30(27,28)19-12-8-17(9-13-19)23-16(2)26/h6-14H,1-5H3,(H,23,26). The zero-order valence-electron chi connectivity index (χ0n) is 17.6. The van der Waals surface area contributed by atoms with Gasteiger partial charge in [0.05, 0.1) is 11.4 Å². The maximum Gasteiger partial charge on any atom is 0.340 e. The molecule has 0 bridgehead atoms. The van der Waals surface area contributed by atoms with Gasteiger partial charge in [-0.05, 0) is 43.3 Å². The molecule has 0 spiro atoms. The van der Waals surface area contributed by atoms with Crippen LogP contribution in [0.4, 0.5) is 5.69 Å². The van der Waals surface area contributed by atoms with Gasteiger partial charge in [-0.15, -0.1) is 0 Å². The summed E-state index contributed by atoms with van der Waals surface area (Å²) in [6, 6.07) is 15.0. The van der Waals surface area contributed by atoms with E-state index >= 15 is 0 Å². The van der Waals surface area contributed by atoms with Crippen molar-refractivity contribution in [3.05, 3.63) is 65.9 Å². The van der Waals surface area contributed by atoms with Crippen molar-refractivity contribution in [1.82, 2.24) is 9.78 Å². The van der Waals surface area contributed by atoms with Gasteiger partial charge in [0.15, 0.2) is 0 Å². The highest BCUT2D eigenvalue weighted by atomic mass is 32.2. The third-order valence-electron chi connectivity index (χ3n) is 4.38. The number of anilines is 1. The Kier molecular flexibility index (Phi) is 5.72. The number of carbonyl (C=O) groups excluding carboxylic acids is 1. The largest absolute Gasteiger partial charge is 0.358 e. The van der Waals surface area contributed by atoms with Gasteiger partial charge in [-0.1, -0.05) is 38.5 Å². The predicted molar refractivity (Wildman–Crippen MR) is 116 cm³/mol. The molecule has 0 aliphatic carbocycles. The van der Waals surface area contributed by atoms with E-state index in [1.54, 1.807) is 6.07 Å². The van der Waals surface area contributed by atoms with Crippen molar-refractivity contribution in [2.45, 2.75) is 44.9 Å². The van der Waals surface area contributed by atoms with Gasteiger partial charge in [0.25, 0.3) is 0 Å². The lowest BCUT2D eigenvalue weighted by Crippen LogP contribution is -2.13. The first-order valence-corrected chi connectivity index (χ1v) is 10.9. The molecule has 0 saturated carbocycles. The Morgan fingerprint density at radius 2 is 1.63 bits per heavy atom. The summed E-state index contributed by atoms with van der Waals surface area (Å²) >= 11 is 0. The second kappa shape index (κ2) is 7.95. The van der Waals surface area contributed by atoms with Crippen LogP contribution in [0.5, 0.6) is 5.88 Å². The van der Waals surface area contributed by atoms with Crippen molar-refractivity contribution in [2.75, 3.05) is 5.32 Å². The lowest BCUT2D eigenvalue weighted by atomic mass is 9.93. The second-order valence-corrected chi connectivity index (χ2v) is 9.65. The molecule has 7 nitrogen and oxygen atoms in total. The van der Waals surface area contributed by atoms with Crippen molar-refractivity contribution in [3.63, 3.8) is 0 Å². The van der Waals surface area contributed by atoms with Crippen LogP contribution in [-0.2, 0) is 20.3 Å². The van der Waals surface area contributed by atoms with Crippen molar-refractivity contribution >= 4 is 21.7 Å². The fourth-order valence-corrected chi connectivity index (χ4v) is 3.64. The minimum atomic E-state index is -4.10. The van der Waals surface area contributed by atoms with Gasteiger partial charge >= 0.3 is 10.1 Å². The van der Waals surface area contributed by atoms with E-state index in [0.29, 0.717) is 17.1 Å². The number of aromatic nitrogens is 2. The molecule has 1 aromatic heterocycles. The van der Waals surface area contributed by atoms with Crippen LogP contribution in [0, 0.1) is 6.92 Å². The minimum absolute atomic E-state index is 0.0226. The molecule has 2 aromatic carbocycles. The van der Waals surface area contributed by atoms with E-state index in [4.69, 9.17) is 4.18 Å². The maximum atomic E-state index is 12.9. The minimum Gasteiger partial charge on any atom is -0.358 e. The van der Waals surface area contributed by atoms with E-state index in [0.717, 1.165) is 5.56 Å². The molecule has 0 fully saturated rings. The lowest BCUT2D eigenvalue weighted by Gasteiger charge is -2.13. The molecule has 1 heterocycles. The Labute approximate surface area is 176 Å². The van der Waals surface area contributed by atoms with Gasteiger partial charge in [0.2, 0.25) is 11.8 Å². The molecule has 0 radical (unpaired) electrons. The summed E-state index contributed by atoms with van der Waals surface area (Å²) < 4.78 is 32.7. The highest BCUT2D eigenvalue weighted by Crippen LogP contribution is 2.29. The summed E-state index contributed by atoms with van der Waals surface area (Å²) in [5, 5.41) is 7.19. The third kappa shape index (κ3) is 4.88. The Morgan fingerprint density at radius 1 is 1.03 bits per heavy atom. The molecule has 3 aromatic rings.